The molecule has 202 valence electrons. The molecule has 4 aliphatic heterocycles. The van der Waals surface area contributed by atoms with E-state index in [2.05, 4.69) is 30.5 Å². The first kappa shape index (κ1) is 26.2. The van der Waals surface area contributed by atoms with E-state index in [1.807, 2.05) is 0 Å². The summed E-state index contributed by atoms with van der Waals surface area (Å²) < 4.78 is 3.82. The molecule has 3 unspecified atom stereocenters. The molecule has 0 saturated carbocycles. The predicted molar refractivity (Wildman–Crippen MR) is 136 cm³/mol. The zero-order valence-corrected chi connectivity index (χ0v) is 21.6. The number of hydrogen-bond donors (Lipinski definition) is 5. The van der Waals surface area contributed by atoms with E-state index in [9.17, 15) is 29.2 Å². The van der Waals surface area contributed by atoms with Crippen LogP contribution in [-0.2, 0) is 19.2 Å². The number of carbonyl (C=O) groups is 4. The van der Waals surface area contributed by atoms with Crippen molar-refractivity contribution in [2.24, 2.45) is 5.18 Å². The van der Waals surface area contributed by atoms with Crippen molar-refractivity contribution in [1.29, 1.82) is 0 Å². The van der Waals surface area contributed by atoms with E-state index >= 15 is 0 Å². The maximum absolute atomic E-state index is 12.9. The molecule has 3 atom stereocenters. The van der Waals surface area contributed by atoms with Crippen molar-refractivity contribution in [3.63, 3.8) is 0 Å². The molecule has 1 aromatic rings. The molecule has 17 heteroatoms. The predicted octanol–water partition coefficient (Wildman–Crippen LogP) is -1.61. The number of hydrogen-bond acceptors (Lipinski definition) is 13. The van der Waals surface area contributed by atoms with Crippen molar-refractivity contribution in [2.75, 3.05) is 44.2 Å². The highest BCUT2D eigenvalue weighted by Gasteiger charge is 2.54. The smallest absolute Gasteiger partial charge is 0.352 e. The van der Waals surface area contributed by atoms with Gasteiger partial charge in [0.25, 0.3) is 11.8 Å². The molecule has 1 aromatic heterocycles. The van der Waals surface area contributed by atoms with Crippen LogP contribution in [0.1, 0.15) is 18.3 Å². The molecule has 0 spiro atoms. The summed E-state index contributed by atoms with van der Waals surface area (Å²) in [6, 6.07) is -2.23. The van der Waals surface area contributed by atoms with E-state index in [0.717, 1.165) is 29.5 Å². The number of anilines is 1. The average molecular weight is 564 g/mol. The highest BCUT2D eigenvalue weighted by molar-refractivity contribution is 8.00. The van der Waals surface area contributed by atoms with Gasteiger partial charge in [0, 0.05) is 61.6 Å². The molecule has 4 aliphatic rings. The van der Waals surface area contributed by atoms with Crippen LogP contribution in [0.3, 0.4) is 0 Å². The van der Waals surface area contributed by atoms with Crippen LogP contribution < -0.4 is 21.7 Å². The minimum atomic E-state index is -1.59. The number of thioether (sulfide) groups is 1. The highest BCUT2D eigenvalue weighted by Crippen LogP contribution is 2.41. The number of allylic oxidation sites excluding steroid dienone is 1. The number of amides is 3. The molecule has 3 saturated heterocycles. The summed E-state index contributed by atoms with van der Waals surface area (Å²) in [6.45, 7) is 3.60. The molecule has 0 bridgehead atoms. The number of nitrogens with two attached hydrogens (primary N) is 1. The highest BCUT2D eigenvalue weighted by atomic mass is 32.2. The summed E-state index contributed by atoms with van der Waals surface area (Å²) in [6.07, 6.45) is 2.05. The van der Waals surface area contributed by atoms with Gasteiger partial charge in [-0.25, -0.2) is 9.78 Å². The molecular formula is C21H25N9O6S2. The summed E-state index contributed by atoms with van der Waals surface area (Å²) in [4.78, 5) is 68.5. The topological polar surface area (TPSA) is 212 Å². The number of carbonyl (C=O) groups excluding carboxylic acids is 3. The number of aliphatic carboxylic acids is 1. The van der Waals surface area contributed by atoms with Gasteiger partial charge >= 0.3 is 5.97 Å². The number of β-lactam (4-membered cyclic amide) rings is 1. The first-order valence-electron chi connectivity index (χ1n) is 11.9. The summed E-state index contributed by atoms with van der Waals surface area (Å²) >= 11 is 2.05. The van der Waals surface area contributed by atoms with Gasteiger partial charge in [0.15, 0.2) is 11.0 Å². The Hall–Kier alpha value is -3.41. The lowest BCUT2D eigenvalue weighted by Crippen LogP contribution is -2.70. The Morgan fingerprint density at radius 1 is 1.34 bits per heavy atom. The van der Waals surface area contributed by atoms with Crippen molar-refractivity contribution in [3.05, 3.63) is 33.7 Å². The number of nitroso groups, excluding NO2 is 1. The average Bonchev–Trinajstić information content (AvgIpc) is 3.44. The second kappa shape index (κ2) is 10.8. The molecule has 0 aliphatic carbocycles. The maximum Gasteiger partial charge on any atom is 0.352 e. The zero-order chi connectivity index (χ0) is 27.0. The summed E-state index contributed by atoms with van der Waals surface area (Å²) in [5, 5.41) is 21.0. The van der Waals surface area contributed by atoms with Crippen LogP contribution >= 0.6 is 23.3 Å². The number of nitrogen functional groups attached to an aromatic ring is 1. The van der Waals surface area contributed by atoms with Gasteiger partial charge < -0.3 is 31.7 Å². The molecule has 38 heavy (non-hydrogen) atoms. The van der Waals surface area contributed by atoms with Gasteiger partial charge in [-0.2, -0.15) is 4.37 Å². The molecule has 3 fully saturated rings. The third-order valence-electron chi connectivity index (χ3n) is 6.71. The number of rotatable bonds is 10. The molecule has 15 nitrogen and oxygen atoms in total. The second-order valence-electron chi connectivity index (χ2n) is 9.09. The van der Waals surface area contributed by atoms with Crippen molar-refractivity contribution < 1.29 is 24.3 Å². The van der Waals surface area contributed by atoms with Crippen LogP contribution in [0.2, 0.25) is 0 Å². The third-order valence-corrected chi connectivity index (χ3v) is 8.57. The molecule has 5 heterocycles. The number of aromatic nitrogens is 2. The first-order chi connectivity index (χ1) is 18.3. The molecule has 3 amide bonds. The number of nitrogens with zero attached hydrogens (tertiary/aromatic N) is 5. The van der Waals surface area contributed by atoms with Crippen LogP contribution in [0.5, 0.6) is 0 Å². The molecule has 6 N–H and O–H groups in total. The Balaban J connectivity index is 1.26. The first-order valence-corrected chi connectivity index (χ1v) is 13.7. The Kier molecular flexibility index (Phi) is 7.42. The second-order valence-corrected chi connectivity index (χ2v) is 11.0. The van der Waals surface area contributed by atoms with Crippen LogP contribution in [0.25, 0.3) is 0 Å². The fraction of sp³-hybridized carbons (Fsp3) is 0.524. The quantitative estimate of drug-likeness (QED) is 0.124. The molecule has 0 radical (unpaired) electrons. The monoisotopic (exact) mass is 563 g/mol. The van der Waals surface area contributed by atoms with Gasteiger partial charge in [-0.1, -0.05) is 0 Å². The minimum Gasteiger partial charge on any atom is -0.477 e. The van der Waals surface area contributed by atoms with Crippen molar-refractivity contribution in [3.8, 4) is 0 Å². The summed E-state index contributed by atoms with van der Waals surface area (Å²) in [7, 11) is 0. The lowest BCUT2D eigenvalue weighted by atomic mass is 10.0. The lowest BCUT2D eigenvalue weighted by Gasteiger charge is -2.49. The van der Waals surface area contributed by atoms with Gasteiger partial charge in [0.1, 0.15) is 17.1 Å². The van der Waals surface area contributed by atoms with E-state index in [1.165, 1.54) is 11.8 Å². The summed E-state index contributed by atoms with van der Waals surface area (Å²) in [5.41, 5.74) is 6.13. The minimum absolute atomic E-state index is 0.0554. The van der Waals surface area contributed by atoms with Crippen molar-refractivity contribution in [1.82, 2.24) is 35.1 Å². The molecule has 0 aromatic carbocycles. The van der Waals surface area contributed by atoms with Gasteiger partial charge in [0.05, 0.1) is 0 Å². The Morgan fingerprint density at radius 3 is 2.76 bits per heavy atom. The number of nitrogens with one attached hydrogen (secondary N) is 3. The Bertz CT molecular complexity index is 1250. The van der Waals surface area contributed by atoms with Crippen LogP contribution in [-0.4, -0.2) is 104 Å². The number of carboxylic acids is 1. The van der Waals surface area contributed by atoms with Gasteiger partial charge in [-0.05, 0) is 23.2 Å². The van der Waals surface area contributed by atoms with Crippen molar-refractivity contribution >= 4 is 52.1 Å². The number of fused-ring (bicyclic) bond motifs is 1. The van der Waals surface area contributed by atoms with Crippen molar-refractivity contribution in [2.45, 2.75) is 29.9 Å². The Labute approximate surface area is 224 Å². The van der Waals surface area contributed by atoms with Gasteiger partial charge in [0.2, 0.25) is 11.9 Å². The van der Waals surface area contributed by atoms with Gasteiger partial charge in [-0.3, -0.25) is 19.3 Å². The van der Waals surface area contributed by atoms with E-state index in [0.29, 0.717) is 43.2 Å². The lowest BCUT2D eigenvalue weighted by molar-refractivity contribution is -0.150. The maximum atomic E-state index is 12.9. The van der Waals surface area contributed by atoms with E-state index in [4.69, 9.17) is 5.73 Å². The zero-order valence-electron chi connectivity index (χ0n) is 20.0. The van der Waals surface area contributed by atoms with Gasteiger partial charge in [-0.15, -0.1) is 16.7 Å². The standard InChI is InChI=1S/C21H25N9O6S2/c22-21-26-15(28-38-21)12(27-36)16(31)25-13-18(33)30-14(20(34)35)10(8-37-19(13)30)5-9-1-3-29(17(9)32)4-2-24-11-6-23-7-11/h5,11-13,19,23-24H,1-4,6-8H2,(H,25,31)(H,34,35)(H2,22,26,28). The SMILES string of the molecule is Nc1nc(C(N=O)C(=O)NC2C(=O)N3C(C(=O)O)=C(C=C4CCN(CCNC5CNC5)C4=O)CSC23)ns1. The van der Waals surface area contributed by atoms with Crippen LogP contribution in [0.4, 0.5) is 5.13 Å². The Morgan fingerprint density at radius 2 is 2.13 bits per heavy atom. The summed E-state index contributed by atoms with van der Waals surface area (Å²) in [5.74, 6) is -2.94. The fourth-order valence-corrected chi connectivity index (χ4v) is 6.39. The third kappa shape index (κ3) is 4.89. The molecule has 5 rings (SSSR count). The van der Waals surface area contributed by atoms with Crippen LogP contribution in [0, 0.1) is 4.91 Å². The van der Waals surface area contributed by atoms with E-state index in [1.54, 1.807) is 11.0 Å². The van der Waals surface area contributed by atoms with Crippen LogP contribution in [0.15, 0.2) is 28.1 Å². The fourth-order valence-electron chi connectivity index (χ4n) is 4.62. The van der Waals surface area contributed by atoms with E-state index in [-0.39, 0.29) is 28.3 Å². The normalized spacial score (nSPS) is 25.2. The number of likely N-dealkylation sites (tertiary alicyclic amines) is 1. The van der Waals surface area contributed by atoms with E-state index < -0.39 is 35.2 Å². The number of carboxylic acid groups (broad SMARTS) is 1. The molecular weight excluding hydrogens is 538 g/mol. The largest absolute Gasteiger partial charge is 0.477 e.